The van der Waals surface area contributed by atoms with Gasteiger partial charge in [-0.25, -0.2) is 5.84 Å². The van der Waals surface area contributed by atoms with Crippen molar-refractivity contribution < 1.29 is 9.53 Å². The minimum absolute atomic E-state index is 0.114. The topological polar surface area (TPSA) is 128 Å². The number of amides is 1. The quantitative estimate of drug-likeness (QED) is 0.278. The van der Waals surface area contributed by atoms with Crippen molar-refractivity contribution in [2.45, 2.75) is 13.5 Å². The Bertz CT molecular complexity index is 887. The Morgan fingerprint density at radius 1 is 1.26 bits per heavy atom. The molecule has 0 spiro atoms. The van der Waals surface area contributed by atoms with E-state index in [0.29, 0.717) is 18.1 Å². The van der Waals surface area contributed by atoms with Gasteiger partial charge in [0.2, 0.25) is 0 Å². The molecule has 0 saturated heterocycles. The van der Waals surface area contributed by atoms with Gasteiger partial charge in [0.15, 0.2) is 12.4 Å². The van der Waals surface area contributed by atoms with Gasteiger partial charge in [-0.3, -0.25) is 9.59 Å². The van der Waals surface area contributed by atoms with Gasteiger partial charge in [0.05, 0.1) is 6.54 Å². The van der Waals surface area contributed by atoms with Crippen molar-refractivity contribution in [3.63, 3.8) is 0 Å². The summed E-state index contributed by atoms with van der Waals surface area (Å²) in [6, 6.07) is 10.5. The van der Waals surface area contributed by atoms with Crippen molar-refractivity contribution in [3.05, 3.63) is 63.6 Å². The van der Waals surface area contributed by atoms with Crippen LogP contribution in [0.2, 0.25) is 0 Å². The van der Waals surface area contributed by atoms with E-state index in [-0.39, 0.29) is 18.1 Å². The summed E-state index contributed by atoms with van der Waals surface area (Å²) >= 11 is 0. The van der Waals surface area contributed by atoms with Gasteiger partial charge in [-0.05, 0) is 18.6 Å². The number of benzene rings is 1. The van der Waals surface area contributed by atoms with Crippen LogP contribution in [-0.4, -0.2) is 41.9 Å². The molecule has 0 radical (unpaired) electrons. The first-order valence-electron chi connectivity index (χ1n) is 8.24. The Labute approximate surface area is 157 Å². The summed E-state index contributed by atoms with van der Waals surface area (Å²) in [5.41, 5.74) is 4.60. The number of hydrazone groups is 1. The molecule has 1 aromatic carbocycles. The van der Waals surface area contributed by atoms with Crippen molar-refractivity contribution in [1.82, 2.24) is 14.9 Å². The summed E-state index contributed by atoms with van der Waals surface area (Å²) in [7, 11) is 3.29. The van der Waals surface area contributed by atoms with Crippen molar-refractivity contribution in [3.8, 4) is 5.75 Å². The second-order valence-corrected chi connectivity index (χ2v) is 6.15. The lowest BCUT2D eigenvalue weighted by Gasteiger charge is -2.14. The Balaban J connectivity index is 2.15. The largest absolute Gasteiger partial charge is 0.484 e. The van der Waals surface area contributed by atoms with Crippen LogP contribution in [0.4, 0.5) is 0 Å². The Hall–Kier alpha value is -3.33. The van der Waals surface area contributed by atoms with E-state index in [2.05, 4.69) is 10.5 Å². The molecule has 0 aliphatic rings. The SMILES string of the molecule is Cc1cc(OCC(=O)N(C)C)cc(=O)n1Cc1ccc(/C(=N/N)NN)cc1. The number of pyridine rings is 1. The third-order valence-corrected chi connectivity index (χ3v) is 4.00. The lowest BCUT2D eigenvalue weighted by atomic mass is 10.1. The van der Waals surface area contributed by atoms with Crippen molar-refractivity contribution in [2.24, 2.45) is 16.8 Å². The molecule has 144 valence electrons. The van der Waals surface area contributed by atoms with Crippen molar-refractivity contribution in [2.75, 3.05) is 20.7 Å². The number of hydrazine groups is 1. The number of nitrogens with zero attached hydrogens (tertiary/aromatic N) is 3. The zero-order valence-electron chi connectivity index (χ0n) is 15.6. The van der Waals surface area contributed by atoms with Gasteiger partial charge < -0.3 is 25.5 Å². The molecule has 0 saturated carbocycles. The number of carbonyl (C=O) groups is 1. The Kier molecular flexibility index (Phi) is 6.56. The third-order valence-electron chi connectivity index (χ3n) is 4.00. The number of aromatic nitrogens is 1. The monoisotopic (exact) mass is 372 g/mol. The molecule has 9 nitrogen and oxygen atoms in total. The highest BCUT2D eigenvalue weighted by atomic mass is 16.5. The molecule has 0 fully saturated rings. The smallest absolute Gasteiger partial charge is 0.259 e. The van der Waals surface area contributed by atoms with E-state index in [9.17, 15) is 9.59 Å². The number of carbonyl (C=O) groups excluding carboxylic acids is 1. The van der Waals surface area contributed by atoms with E-state index in [1.165, 1.54) is 11.0 Å². The summed E-state index contributed by atoms with van der Waals surface area (Å²) in [6.45, 7) is 2.10. The number of nitrogens with one attached hydrogen (secondary N) is 1. The standard InChI is InChI=1S/C18H24N6O3/c1-12-8-15(27-11-17(26)23(2)3)9-16(25)24(12)10-13-4-6-14(7-5-13)18(21-19)22-20/h4-9H,10-11,19-20H2,1-3H3,(H,21,22). The molecular formula is C18H24N6O3. The van der Waals surface area contributed by atoms with Gasteiger partial charge >= 0.3 is 0 Å². The fourth-order valence-corrected chi connectivity index (χ4v) is 2.40. The lowest BCUT2D eigenvalue weighted by molar-refractivity contribution is -0.130. The normalized spacial score (nSPS) is 11.2. The maximum Gasteiger partial charge on any atom is 0.259 e. The number of hydrogen-bond donors (Lipinski definition) is 3. The molecule has 5 N–H and O–H groups in total. The van der Waals surface area contributed by atoms with E-state index in [1.54, 1.807) is 24.7 Å². The highest BCUT2D eigenvalue weighted by Gasteiger charge is 2.09. The van der Waals surface area contributed by atoms with Crippen LogP contribution in [0.1, 0.15) is 16.8 Å². The number of likely N-dealkylation sites (N-methyl/N-ethyl adjacent to an activating group) is 1. The maximum absolute atomic E-state index is 12.4. The zero-order chi connectivity index (χ0) is 20.0. The van der Waals surface area contributed by atoms with E-state index >= 15 is 0 Å². The van der Waals surface area contributed by atoms with Crippen LogP contribution >= 0.6 is 0 Å². The van der Waals surface area contributed by atoms with Crippen LogP contribution in [0.25, 0.3) is 0 Å². The fraction of sp³-hybridized carbons (Fsp3) is 0.278. The van der Waals surface area contributed by atoms with Gasteiger partial charge in [-0.1, -0.05) is 24.3 Å². The number of amidine groups is 1. The number of hydrogen-bond acceptors (Lipinski definition) is 6. The van der Waals surface area contributed by atoms with Crippen LogP contribution in [0.5, 0.6) is 5.75 Å². The van der Waals surface area contributed by atoms with Gasteiger partial charge in [0.25, 0.3) is 11.5 Å². The molecule has 1 heterocycles. The Morgan fingerprint density at radius 2 is 1.93 bits per heavy atom. The maximum atomic E-state index is 12.4. The zero-order valence-corrected chi connectivity index (χ0v) is 15.6. The molecule has 27 heavy (non-hydrogen) atoms. The van der Waals surface area contributed by atoms with Crippen LogP contribution in [-0.2, 0) is 11.3 Å². The molecule has 2 aromatic rings. The lowest BCUT2D eigenvalue weighted by Crippen LogP contribution is -2.32. The Morgan fingerprint density at radius 3 is 2.44 bits per heavy atom. The molecule has 2 rings (SSSR count). The predicted octanol–water partition coefficient (Wildman–Crippen LogP) is -0.244. The average molecular weight is 372 g/mol. The highest BCUT2D eigenvalue weighted by molar-refractivity contribution is 5.98. The average Bonchev–Trinajstić information content (AvgIpc) is 2.64. The summed E-state index contributed by atoms with van der Waals surface area (Å²) in [6.07, 6.45) is 0. The van der Waals surface area contributed by atoms with E-state index < -0.39 is 0 Å². The fourth-order valence-electron chi connectivity index (χ4n) is 2.40. The molecule has 0 bridgehead atoms. The van der Waals surface area contributed by atoms with Gasteiger partial charge in [0, 0.05) is 31.4 Å². The first kappa shape index (κ1) is 20.0. The first-order chi connectivity index (χ1) is 12.8. The second kappa shape index (κ2) is 8.86. The van der Waals surface area contributed by atoms with Crippen LogP contribution < -0.4 is 27.4 Å². The molecule has 0 atom stereocenters. The van der Waals surface area contributed by atoms with Gasteiger partial charge in [-0.15, -0.1) is 0 Å². The molecule has 0 aliphatic heterocycles. The summed E-state index contributed by atoms with van der Waals surface area (Å²) in [4.78, 5) is 25.5. The summed E-state index contributed by atoms with van der Waals surface area (Å²) in [5.74, 6) is 11.2. The minimum Gasteiger partial charge on any atom is -0.484 e. The molecule has 0 unspecified atom stereocenters. The number of aryl methyl sites for hydroxylation is 1. The van der Waals surface area contributed by atoms with Crippen LogP contribution in [0, 0.1) is 6.92 Å². The summed E-state index contributed by atoms with van der Waals surface area (Å²) < 4.78 is 7.03. The molecule has 0 aliphatic carbocycles. The molecule has 1 amide bonds. The number of ether oxygens (including phenoxy) is 1. The molecule has 1 aromatic heterocycles. The van der Waals surface area contributed by atoms with Crippen molar-refractivity contribution in [1.29, 1.82) is 0 Å². The third kappa shape index (κ3) is 5.08. The first-order valence-corrected chi connectivity index (χ1v) is 8.24. The van der Waals surface area contributed by atoms with E-state index in [1.807, 2.05) is 31.2 Å². The molecule has 9 heteroatoms. The number of nitrogens with two attached hydrogens (primary N) is 2. The van der Waals surface area contributed by atoms with Crippen LogP contribution in [0.3, 0.4) is 0 Å². The summed E-state index contributed by atoms with van der Waals surface area (Å²) in [5, 5.41) is 3.55. The van der Waals surface area contributed by atoms with E-state index in [0.717, 1.165) is 16.8 Å². The number of rotatable bonds is 6. The van der Waals surface area contributed by atoms with Crippen molar-refractivity contribution >= 4 is 11.7 Å². The predicted molar refractivity (Wildman–Crippen MR) is 103 cm³/mol. The van der Waals surface area contributed by atoms with Gasteiger partial charge in [-0.2, -0.15) is 5.10 Å². The molecular weight excluding hydrogens is 348 g/mol. The van der Waals surface area contributed by atoms with E-state index in [4.69, 9.17) is 16.4 Å². The minimum atomic E-state index is -0.209. The van der Waals surface area contributed by atoms with Crippen LogP contribution in [0.15, 0.2) is 46.3 Å². The second-order valence-electron chi connectivity index (χ2n) is 6.15. The van der Waals surface area contributed by atoms with Gasteiger partial charge in [0.1, 0.15) is 5.75 Å². The highest BCUT2D eigenvalue weighted by Crippen LogP contribution is 2.12.